The summed E-state index contributed by atoms with van der Waals surface area (Å²) in [4.78, 5) is 21.5. The van der Waals surface area contributed by atoms with Crippen molar-refractivity contribution in [1.82, 2.24) is 20.4 Å². The summed E-state index contributed by atoms with van der Waals surface area (Å²) >= 11 is 0. The molecule has 180 valence electrons. The summed E-state index contributed by atoms with van der Waals surface area (Å²) in [6.45, 7) is 11.9. The lowest BCUT2D eigenvalue weighted by molar-refractivity contribution is -0.0354. The van der Waals surface area contributed by atoms with Crippen LogP contribution in [-0.4, -0.2) is 92.0 Å². The third kappa shape index (κ3) is 7.63. The molecule has 3 rings (SSSR count). The Labute approximate surface area is 204 Å². The van der Waals surface area contributed by atoms with E-state index in [9.17, 15) is 4.79 Å². The van der Waals surface area contributed by atoms with E-state index in [1.807, 2.05) is 27.8 Å². The molecule has 3 fully saturated rings. The van der Waals surface area contributed by atoms with Crippen LogP contribution >= 0.6 is 24.0 Å². The molecular formula is C22H42IN5O3. The number of amides is 1. The molecule has 0 aromatic carbocycles. The lowest BCUT2D eigenvalue weighted by atomic mass is 9.80. The van der Waals surface area contributed by atoms with E-state index in [1.165, 1.54) is 32.1 Å². The van der Waals surface area contributed by atoms with E-state index in [-0.39, 0.29) is 41.7 Å². The molecule has 1 atom stereocenters. The summed E-state index contributed by atoms with van der Waals surface area (Å²) in [6.07, 6.45) is 6.96. The molecule has 2 N–H and O–H groups in total. The molecule has 1 saturated carbocycles. The van der Waals surface area contributed by atoms with Gasteiger partial charge < -0.3 is 25.0 Å². The average Bonchev–Trinajstić information content (AvgIpc) is 3.16. The average molecular weight is 552 g/mol. The first-order valence-corrected chi connectivity index (χ1v) is 11.6. The molecule has 31 heavy (non-hydrogen) atoms. The molecule has 2 saturated heterocycles. The monoisotopic (exact) mass is 551 g/mol. The highest BCUT2D eigenvalue weighted by Crippen LogP contribution is 2.34. The molecule has 8 nitrogen and oxygen atoms in total. The Morgan fingerprint density at radius 2 is 1.84 bits per heavy atom. The molecule has 2 heterocycles. The summed E-state index contributed by atoms with van der Waals surface area (Å²) < 4.78 is 11.0. The number of hydrogen-bond acceptors (Lipinski definition) is 5. The van der Waals surface area contributed by atoms with Gasteiger partial charge in [-0.1, -0.05) is 19.3 Å². The van der Waals surface area contributed by atoms with Gasteiger partial charge in [0.2, 0.25) is 0 Å². The van der Waals surface area contributed by atoms with Crippen molar-refractivity contribution >= 4 is 36.0 Å². The molecule has 0 aromatic heterocycles. The fourth-order valence-electron chi connectivity index (χ4n) is 4.97. The second kappa shape index (κ2) is 11.9. The van der Waals surface area contributed by atoms with Crippen molar-refractivity contribution < 1.29 is 14.3 Å². The van der Waals surface area contributed by atoms with Crippen LogP contribution in [0.1, 0.15) is 59.3 Å². The Bertz CT molecular complexity index is 598. The third-order valence-electron chi connectivity index (χ3n) is 6.46. The highest BCUT2D eigenvalue weighted by molar-refractivity contribution is 14.0. The van der Waals surface area contributed by atoms with Crippen LogP contribution < -0.4 is 10.6 Å². The van der Waals surface area contributed by atoms with E-state index < -0.39 is 5.60 Å². The number of nitrogens with one attached hydrogen (secondary N) is 2. The van der Waals surface area contributed by atoms with Crippen LogP contribution in [-0.2, 0) is 9.47 Å². The number of guanidine groups is 1. The summed E-state index contributed by atoms with van der Waals surface area (Å²) in [5.74, 6) is 0.932. The number of ether oxygens (including phenoxy) is 2. The number of hydrogen-bond donors (Lipinski definition) is 2. The number of rotatable bonds is 4. The zero-order valence-corrected chi connectivity index (χ0v) is 22.1. The van der Waals surface area contributed by atoms with Crippen molar-refractivity contribution in [2.75, 3.05) is 53.0 Å². The fourth-order valence-corrected chi connectivity index (χ4v) is 4.97. The zero-order chi connectivity index (χ0) is 21.6. The van der Waals surface area contributed by atoms with Gasteiger partial charge in [0.1, 0.15) is 5.60 Å². The lowest BCUT2D eigenvalue weighted by Gasteiger charge is -2.48. The Morgan fingerprint density at radius 1 is 1.16 bits per heavy atom. The van der Waals surface area contributed by atoms with Crippen molar-refractivity contribution in [3.8, 4) is 0 Å². The Balaban J connectivity index is 0.00000341. The van der Waals surface area contributed by atoms with Gasteiger partial charge in [0, 0.05) is 45.3 Å². The van der Waals surface area contributed by atoms with E-state index in [4.69, 9.17) is 9.47 Å². The van der Waals surface area contributed by atoms with Crippen LogP contribution in [0.4, 0.5) is 4.79 Å². The second-order valence-electron chi connectivity index (χ2n) is 9.86. The first kappa shape index (κ1) is 26.4. The highest BCUT2D eigenvalue weighted by Gasteiger charge is 2.39. The van der Waals surface area contributed by atoms with Gasteiger partial charge in [-0.15, -0.1) is 24.0 Å². The van der Waals surface area contributed by atoms with Crippen LogP contribution in [0.3, 0.4) is 0 Å². The van der Waals surface area contributed by atoms with E-state index in [0.717, 1.165) is 58.3 Å². The number of morpholine rings is 1. The topological polar surface area (TPSA) is 78.4 Å². The maximum atomic E-state index is 12.1. The zero-order valence-electron chi connectivity index (χ0n) is 19.7. The van der Waals surface area contributed by atoms with Gasteiger partial charge in [-0.3, -0.25) is 9.89 Å². The predicted octanol–water partition coefficient (Wildman–Crippen LogP) is 2.81. The predicted molar refractivity (Wildman–Crippen MR) is 134 cm³/mol. The number of carbonyl (C=O) groups is 1. The van der Waals surface area contributed by atoms with E-state index in [0.29, 0.717) is 0 Å². The normalized spacial score (nSPS) is 25.0. The van der Waals surface area contributed by atoms with Crippen molar-refractivity contribution in [3.05, 3.63) is 0 Å². The maximum Gasteiger partial charge on any atom is 0.407 e. The number of alkyl carbamates (subject to hydrolysis) is 1. The minimum atomic E-state index is -0.478. The highest BCUT2D eigenvalue weighted by atomic mass is 127. The van der Waals surface area contributed by atoms with Gasteiger partial charge in [-0.05, 0) is 40.0 Å². The van der Waals surface area contributed by atoms with Gasteiger partial charge in [0.05, 0.1) is 19.3 Å². The molecule has 3 aliphatic rings. The van der Waals surface area contributed by atoms with Crippen LogP contribution in [0.5, 0.6) is 0 Å². The second-order valence-corrected chi connectivity index (χ2v) is 9.86. The van der Waals surface area contributed by atoms with Crippen LogP contribution in [0, 0.1) is 0 Å². The Kier molecular flexibility index (Phi) is 10.1. The Morgan fingerprint density at radius 3 is 2.45 bits per heavy atom. The standard InChI is InChI=1S/C22H41N5O3.HI/c1-21(2,3)30-20(28)25-18-8-11-26(16-18)19(23-4)24-17-22(9-6-5-7-10-22)27-12-14-29-15-13-27;/h18H,5-17H2,1-4H3,(H,23,24)(H,25,28);1H. The smallest absolute Gasteiger partial charge is 0.407 e. The maximum absolute atomic E-state index is 12.1. The van der Waals surface area contributed by atoms with Crippen molar-refractivity contribution in [2.24, 2.45) is 4.99 Å². The van der Waals surface area contributed by atoms with Gasteiger partial charge in [0.25, 0.3) is 0 Å². The number of aliphatic imine (C=N–C) groups is 1. The molecule has 0 aromatic rings. The fraction of sp³-hybridized carbons (Fsp3) is 0.909. The van der Waals surface area contributed by atoms with Gasteiger partial charge in [0.15, 0.2) is 5.96 Å². The molecule has 1 amide bonds. The first-order chi connectivity index (χ1) is 14.3. The van der Waals surface area contributed by atoms with Crippen LogP contribution in [0.2, 0.25) is 0 Å². The van der Waals surface area contributed by atoms with Gasteiger partial charge >= 0.3 is 6.09 Å². The van der Waals surface area contributed by atoms with E-state index in [1.54, 1.807) is 0 Å². The van der Waals surface area contributed by atoms with Crippen LogP contribution in [0.15, 0.2) is 4.99 Å². The number of nitrogens with zero attached hydrogens (tertiary/aromatic N) is 3. The molecule has 0 radical (unpaired) electrons. The first-order valence-electron chi connectivity index (χ1n) is 11.6. The molecular weight excluding hydrogens is 509 g/mol. The molecule has 1 aliphatic carbocycles. The van der Waals surface area contributed by atoms with Crippen LogP contribution in [0.25, 0.3) is 0 Å². The molecule has 0 spiro atoms. The molecule has 2 aliphatic heterocycles. The van der Waals surface area contributed by atoms with E-state index in [2.05, 4.69) is 25.4 Å². The largest absolute Gasteiger partial charge is 0.444 e. The molecule has 1 unspecified atom stereocenters. The summed E-state index contributed by atoms with van der Waals surface area (Å²) in [5, 5.41) is 6.68. The van der Waals surface area contributed by atoms with E-state index >= 15 is 0 Å². The third-order valence-corrected chi connectivity index (χ3v) is 6.46. The number of carbonyl (C=O) groups excluding carboxylic acids is 1. The van der Waals surface area contributed by atoms with Crippen molar-refractivity contribution in [1.29, 1.82) is 0 Å². The SMILES string of the molecule is CN=C(NCC1(N2CCOCC2)CCCCC1)N1CCC(NC(=O)OC(C)(C)C)C1.I. The number of likely N-dealkylation sites (tertiary alicyclic amines) is 1. The minimum Gasteiger partial charge on any atom is -0.444 e. The Hall–Kier alpha value is -0.810. The quantitative estimate of drug-likeness (QED) is 0.318. The van der Waals surface area contributed by atoms with Gasteiger partial charge in [-0.2, -0.15) is 0 Å². The minimum absolute atomic E-state index is 0. The van der Waals surface area contributed by atoms with Crippen molar-refractivity contribution in [3.63, 3.8) is 0 Å². The summed E-state index contributed by atoms with van der Waals surface area (Å²) in [7, 11) is 1.85. The van der Waals surface area contributed by atoms with Crippen molar-refractivity contribution in [2.45, 2.75) is 76.5 Å². The molecule has 0 bridgehead atoms. The number of halogens is 1. The summed E-state index contributed by atoms with van der Waals surface area (Å²) in [6, 6.07) is 0.0845. The summed E-state index contributed by atoms with van der Waals surface area (Å²) in [5.41, 5.74) is -0.278. The lowest BCUT2D eigenvalue weighted by Crippen LogP contribution is -2.60. The molecule has 9 heteroatoms. The van der Waals surface area contributed by atoms with Gasteiger partial charge in [-0.25, -0.2) is 4.79 Å².